The number of benzene rings is 2. The van der Waals surface area contributed by atoms with E-state index < -0.39 is 6.04 Å². The van der Waals surface area contributed by atoms with Crippen molar-refractivity contribution in [3.63, 3.8) is 0 Å². The molecule has 37 heavy (non-hydrogen) atoms. The molecule has 8 heteroatoms. The van der Waals surface area contributed by atoms with Crippen molar-refractivity contribution in [1.29, 1.82) is 0 Å². The predicted molar refractivity (Wildman–Crippen MR) is 141 cm³/mol. The maximum atomic E-state index is 13.8. The van der Waals surface area contributed by atoms with Gasteiger partial charge in [-0.2, -0.15) is 0 Å². The first-order valence-corrected chi connectivity index (χ1v) is 13.3. The largest absolute Gasteiger partial charge is 0.497 e. The molecule has 0 aromatic heterocycles. The molecule has 2 heterocycles. The van der Waals surface area contributed by atoms with Crippen molar-refractivity contribution in [3.05, 3.63) is 65.2 Å². The standard InChI is InChI=1S/C29H36N4O4/c1-20-4-6-21(7-5-20)27(34)32-19-24(18-26(32)29(36)31-16-3-14-30-15-17-31)33(23-10-11-23)28(35)22-8-12-25(37-2)13-9-22/h4-9,12-13,23-24,26,30H,3,10-11,14-19H2,1-2H3. The number of carbonyl (C=O) groups is 3. The van der Waals surface area contributed by atoms with E-state index in [9.17, 15) is 14.4 Å². The summed E-state index contributed by atoms with van der Waals surface area (Å²) in [5, 5.41) is 3.34. The monoisotopic (exact) mass is 504 g/mol. The van der Waals surface area contributed by atoms with Gasteiger partial charge in [0.25, 0.3) is 11.8 Å². The van der Waals surface area contributed by atoms with Gasteiger partial charge in [-0.05, 0) is 75.5 Å². The number of carbonyl (C=O) groups excluding carboxylic acids is 3. The molecule has 2 unspecified atom stereocenters. The number of amides is 3. The molecule has 2 atom stereocenters. The van der Waals surface area contributed by atoms with Crippen LogP contribution in [-0.4, -0.2) is 90.4 Å². The van der Waals surface area contributed by atoms with Gasteiger partial charge in [0.05, 0.1) is 13.2 Å². The second-order valence-corrected chi connectivity index (χ2v) is 10.3. The minimum Gasteiger partial charge on any atom is -0.497 e. The summed E-state index contributed by atoms with van der Waals surface area (Å²) < 4.78 is 5.25. The first-order valence-electron chi connectivity index (χ1n) is 13.3. The van der Waals surface area contributed by atoms with E-state index in [1.165, 1.54) is 0 Å². The zero-order valence-corrected chi connectivity index (χ0v) is 21.7. The van der Waals surface area contributed by atoms with Gasteiger partial charge in [0.15, 0.2) is 0 Å². The number of ether oxygens (including phenoxy) is 1. The van der Waals surface area contributed by atoms with E-state index in [0.29, 0.717) is 42.9 Å². The summed E-state index contributed by atoms with van der Waals surface area (Å²) >= 11 is 0. The van der Waals surface area contributed by atoms with Crippen molar-refractivity contribution in [3.8, 4) is 5.75 Å². The molecule has 1 aliphatic carbocycles. The van der Waals surface area contributed by atoms with Gasteiger partial charge in [0, 0.05) is 43.3 Å². The van der Waals surface area contributed by atoms with Gasteiger partial charge in [0.2, 0.25) is 5.91 Å². The molecule has 1 saturated carbocycles. The zero-order valence-electron chi connectivity index (χ0n) is 21.7. The van der Waals surface area contributed by atoms with E-state index in [1.807, 2.05) is 41.0 Å². The number of hydrogen-bond acceptors (Lipinski definition) is 5. The molecule has 0 spiro atoms. The van der Waals surface area contributed by atoms with Crippen LogP contribution in [0.3, 0.4) is 0 Å². The first-order chi connectivity index (χ1) is 18.0. The minimum absolute atomic E-state index is 0.0145. The molecule has 2 aliphatic heterocycles. The fraction of sp³-hybridized carbons (Fsp3) is 0.483. The van der Waals surface area contributed by atoms with E-state index in [2.05, 4.69) is 5.32 Å². The van der Waals surface area contributed by atoms with Crippen molar-refractivity contribution < 1.29 is 19.1 Å². The Kier molecular flexibility index (Phi) is 7.46. The van der Waals surface area contributed by atoms with Gasteiger partial charge in [-0.25, -0.2) is 0 Å². The highest BCUT2D eigenvalue weighted by Gasteiger charge is 2.48. The third-order valence-corrected chi connectivity index (χ3v) is 7.68. The van der Waals surface area contributed by atoms with Crippen LogP contribution < -0.4 is 10.1 Å². The second-order valence-electron chi connectivity index (χ2n) is 10.3. The number of aryl methyl sites for hydroxylation is 1. The summed E-state index contributed by atoms with van der Waals surface area (Å²) in [4.78, 5) is 46.8. The SMILES string of the molecule is COc1ccc(C(=O)N(C2CC2)C2CC(C(=O)N3CCCNCC3)N(C(=O)c3ccc(C)cc3)C2)cc1. The lowest BCUT2D eigenvalue weighted by molar-refractivity contribution is -0.135. The lowest BCUT2D eigenvalue weighted by atomic mass is 10.1. The number of rotatable bonds is 6. The van der Waals surface area contributed by atoms with Crippen LogP contribution in [0.1, 0.15) is 52.0 Å². The Hall–Kier alpha value is -3.39. The van der Waals surface area contributed by atoms with Crippen LogP contribution in [-0.2, 0) is 4.79 Å². The second kappa shape index (κ2) is 10.9. The first kappa shape index (κ1) is 25.3. The molecular formula is C29H36N4O4. The quantitative estimate of drug-likeness (QED) is 0.654. The minimum atomic E-state index is -0.582. The Morgan fingerprint density at radius 3 is 2.30 bits per heavy atom. The zero-order chi connectivity index (χ0) is 25.9. The van der Waals surface area contributed by atoms with Crippen LogP contribution in [0.2, 0.25) is 0 Å². The fourth-order valence-corrected chi connectivity index (χ4v) is 5.48. The number of likely N-dealkylation sites (tertiary alicyclic amines) is 1. The van der Waals surface area contributed by atoms with Crippen LogP contribution in [0.25, 0.3) is 0 Å². The van der Waals surface area contributed by atoms with E-state index in [0.717, 1.165) is 37.9 Å². The summed E-state index contributed by atoms with van der Waals surface area (Å²) in [6.45, 7) is 5.28. The van der Waals surface area contributed by atoms with E-state index in [1.54, 1.807) is 36.3 Å². The van der Waals surface area contributed by atoms with Gasteiger partial charge < -0.3 is 24.8 Å². The third-order valence-electron chi connectivity index (χ3n) is 7.68. The summed E-state index contributed by atoms with van der Waals surface area (Å²) in [6, 6.07) is 14.0. The van der Waals surface area contributed by atoms with Gasteiger partial charge >= 0.3 is 0 Å². The van der Waals surface area contributed by atoms with Crippen molar-refractivity contribution in [2.75, 3.05) is 39.8 Å². The van der Waals surface area contributed by atoms with Gasteiger partial charge in [0.1, 0.15) is 11.8 Å². The van der Waals surface area contributed by atoms with Crippen LogP contribution in [0.5, 0.6) is 5.75 Å². The fourth-order valence-electron chi connectivity index (χ4n) is 5.48. The molecule has 5 rings (SSSR count). The third kappa shape index (κ3) is 5.49. The average molecular weight is 505 g/mol. The van der Waals surface area contributed by atoms with Crippen molar-refractivity contribution in [2.45, 2.75) is 50.7 Å². The molecule has 0 radical (unpaired) electrons. The number of nitrogens with zero attached hydrogens (tertiary/aromatic N) is 3. The molecule has 3 amide bonds. The van der Waals surface area contributed by atoms with E-state index >= 15 is 0 Å². The van der Waals surface area contributed by atoms with Crippen molar-refractivity contribution in [2.24, 2.45) is 0 Å². The molecule has 2 saturated heterocycles. The predicted octanol–water partition coefficient (Wildman–Crippen LogP) is 2.71. The van der Waals surface area contributed by atoms with Crippen LogP contribution in [0.4, 0.5) is 0 Å². The smallest absolute Gasteiger partial charge is 0.254 e. The van der Waals surface area contributed by atoms with Crippen molar-refractivity contribution >= 4 is 17.7 Å². The molecule has 8 nitrogen and oxygen atoms in total. The Balaban J connectivity index is 1.42. The van der Waals surface area contributed by atoms with Crippen LogP contribution in [0.15, 0.2) is 48.5 Å². The van der Waals surface area contributed by atoms with Gasteiger partial charge in [-0.15, -0.1) is 0 Å². The summed E-state index contributed by atoms with van der Waals surface area (Å²) in [5.74, 6) is 0.480. The maximum absolute atomic E-state index is 13.8. The molecule has 3 fully saturated rings. The van der Waals surface area contributed by atoms with Gasteiger partial charge in [-0.3, -0.25) is 14.4 Å². The van der Waals surface area contributed by atoms with E-state index in [4.69, 9.17) is 4.74 Å². The average Bonchev–Trinajstić information content (AvgIpc) is 3.71. The summed E-state index contributed by atoms with van der Waals surface area (Å²) in [6.07, 6.45) is 3.23. The Bertz CT molecular complexity index is 1120. The molecule has 2 aromatic carbocycles. The lowest BCUT2D eigenvalue weighted by Crippen LogP contribution is -2.48. The van der Waals surface area contributed by atoms with Gasteiger partial charge in [-0.1, -0.05) is 17.7 Å². The molecule has 3 aliphatic rings. The Morgan fingerprint density at radius 2 is 1.62 bits per heavy atom. The summed E-state index contributed by atoms with van der Waals surface area (Å²) in [7, 11) is 1.60. The Morgan fingerprint density at radius 1 is 0.919 bits per heavy atom. The summed E-state index contributed by atoms with van der Waals surface area (Å²) in [5.41, 5.74) is 2.24. The van der Waals surface area contributed by atoms with Crippen LogP contribution >= 0.6 is 0 Å². The number of methoxy groups -OCH3 is 1. The topological polar surface area (TPSA) is 82.2 Å². The highest BCUT2D eigenvalue weighted by molar-refractivity contribution is 5.99. The highest BCUT2D eigenvalue weighted by Crippen LogP contribution is 2.36. The molecule has 196 valence electrons. The molecule has 1 N–H and O–H groups in total. The maximum Gasteiger partial charge on any atom is 0.254 e. The number of nitrogens with one attached hydrogen (secondary N) is 1. The lowest BCUT2D eigenvalue weighted by Gasteiger charge is -2.29. The van der Waals surface area contributed by atoms with Crippen molar-refractivity contribution in [1.82, 2.24) is 20.0 Å². The number of hydrogen-bond donors (Lipinski definition) is 1. The Labute approximate surface area is 218 Å². The molecule has 0 bridgehead atoms. The molecule has 2 aromatic rings. The van der Waals surface area contributed by atoms with E-state index in [-0.39, 0.29) is 29.8 Å². The highest BCUT2D eigenvalue weighted by atomic mass is 16.5. The molecular weight excluding hydrogens is 468 g/mol. The normalized spacial score (nSPS) is 21.9. The van der Waals surface area contributed by atoms with Crippen LogP contribution in [0, 0.1) is 6.92 Å².